The molecule has 1 aliphatic rings. The Labute approximate surface area is 164 Å². The van der Waals surface area contributed by atoms with Crippen LogP contribution in [0.2, 0.25) is 5.02 Å². The Morgan fingerprint density at radius 2 is 1.64 bits per heavy atom. The second kappa shape index (κ2) is 8.05. The number of hydrazine groups is 1. The summed E-state index contributed by atoms with van der Waals surface area (Å²) in [6.45, 7) is 0.528. The van der Waals surface area contributed by atoms with E-state index in [1.165, 1.54) is 47.4 Å². The van der Waals surface area contributed by atoms with E-state index in [0.29, 0.717) is 23.7 Å². The summed E-state index contributed by atoms with van der Waals surface area (Å²) in [6.07, 6.45) is 1.15. The van der Waals surface area contributed by atoms with Crippen LogP contribution in [0.1, 0.15) is 33.6 Å². The third kappa shape index (κ3) is 4.09. The molecule has 1 saturated heterocycles. The normalized spacial score (nSPS) is 13.3. The Morgan fingerprint density at radius 3 is 2.21 bits per heavy atom. The number of carbonyl (C=O) groups excluding carboxylic acids is 3. The minimum absolute atomic E-state index is 0.0640. The summed E-state index contributed by atoms with van der Waals surface area (Å²) < 4.78 is 0. The molecule has 0 aromatic heterocycles. The smallest absolute Gasteiger partial charge is 0.269 e. The lowest BCUT2D eigenvalue weighted by atomic mass is 10.1. The van der Waals surface area contributed by atoms with Crippen LogP contribution in [0.3, 0.4) is 0 Å². The average molecular weight is 403 g/mol. The van der Waals surface area contributed by atoms with Gasteiger partial charge in [-0.3, -0.25) is 35.3 Å². The van der Waals surface area contributed by atoms with Crippen molar-refractivity contribution >= 4 is 40.7 Å². The lowest BCUT2D eigenvalue weighted by Crippen LogP contribution is -2.41. The summed E-state index contributed by atoms with van der Waals surface area (Å²) in [4.78, 5) is 47.9. The molecule has 0 bridgehead atoms. The van der Waals surface area contributed by atoms with Gasteiger partial charge in [0.25, 0.3) is 17.5 Å². The summed E-state index contributed by atoms with van der Waals surface area (Å²) in [5.74, 6) is -1.29. The molecule has 0 aliphatic carbocycles. The molecule has 10 heteroatoms. The number of non-ortho nitro benzene ring substituents is 1. The third-order valence-electron chi connectivity index (χ3n) is 4.20. The fourth-order valence-corrected chi connectivity index (χ4v) is 2.98. The van der Waals surface area contributed by atoms with E-state index in [0.717, 1.165) is 6.42 Å². The molecule has 0 saturated carbocycles. The summed E-state index contributed by atoms with van der Waals surface area (Å²) in [7, 11) is 0. The average Bonchev–Trinajstić information content (AvgIpc) is 3.12. The van der Waals surface area contributed by atoms with Crippen LogP contribution in [0.25, 0.3) is 0 Å². The maximum absolute atomic E-state index is 12.3. The lowest BCUT2D eigenvalue weighted by molar-refractivity contribution is -0.384. The number of anilines is 1. The Morgan fingerprint density at radius 1 is 1.04 bits per heavy atom. The standard InChI is InChI=1S/C18H15ClN4O5/c19-14-8-5-12(10-15(14)22-9-1-2-16(22)24)18(26)21-20-17(25)11-3-6-13(7-4-11)23(27)28/h3-8,10H,1-2,9H2,(H,20,25)(H,21,26). The number of amides is 3. The van der Waals surface area contributed by atoms with E-state index in [9.17, 15) is 24.5 Å². The lowest BCUT2D eigenvalue weighted by Gasteiger charge is -2.18. The number of hydrogen-bond donors (Lipinski definition) is 2. The number of nitro groups is 1. The SMILES string of the molecule is O=C(NNC(=O)c1ccc(Cl)c(N2CCCC2=O)c1)c1ccc([N+](=O)[O-])cc1. The number of rotatable bonds is 4. The Balaban J connectivity index is 1.67. The van der Waals surface area contributed by atoms with Crippen molar-refractivity contribution in [2.75, 3.05) is 11.4 Å². The maximum atomic E-state index is 12.3. The molecule has 9 nitrogen and oxygen atoms in total. The first-order valence-electron chi connectivity index (χ1n) is 8.32. The summed E-state index contributed by atoms with van der Waals surface area (Å²) >= 11 is 6.15. The van der Waals surface area contributed by atoms with E-state index in [-0.39, 0.29) is 22.7 Å². The number of halogens is 1. The molecule has 3 amide bonds. The molecule has 0 atom stereocenters. The predicted molar refractivity (Wildman–Crippen MR) is 101 cm³/mol. The minimum atomic E-state index is -0.632. The summed E-state index contributed by atoms with van der Waals surface area (Å²) in [5, 5.41) is 11.0. The fourth-order valence-electron chi connectivity index (χ4n) is 2.76. The monoisotopic (exact) mass is 402 g/mol. The Hall–Kier alpha value is -3.46. The van der Waals surface area contributed by atoms with Gasteiger partial charge in [0.2, 0.25) is 5.91 Å². The Bertz CT molecular complexity index is 961. The molecule has 0 radical (unpaired) electrons. The maximum Gasteiger partial charge on any atom is 0.269 e. The minimum Gasteiger partial charge on any atom is -0.311 e. The van der Waals surface area contributed by atoms with E-state index < -0.39 is 16.7 Å². The van der Waals surface area contributed by atoms with E-state index >= 15 is 0 Å². The Kier molecular flexibility index (Phi) is 5.55. The van der Waals surface area contributed by atoms with Gasteiger partial charge in [-0.05, 0) is 36.8 Å². The van der Waals surface area contributed by atoms with Gasteiger partial charge in [0.05, 0.1) is 15.6 Å². The highest BCUT2D eigenvalue weighted by atomic mass is 35.5. The largest absolute Gasteiger partial charge is 0.311 e. The van der Waals surface area contributed by atoms with Gasteiger partial charge in [-0.15, -0.1) is 0 Å². The van der Waals surface area contributed by atoms with Crippen LogP contribution >= 0.6 is 11.6 Å². The highest BCUT2D eigenvalue weighted by Crippen LogP contribution is 2.30. The first-order chi connectivity index (χ1) is 13.4. The van der Waals surface area contributed by atoms with Gasteiger partial charge in [-0.25, -0.2) is 0 Å². The van der Waals surface area contributed by atoms with Gasteiger partial charge in [-0.2, -0.15) is 0 Å². The molecule has 0 unspecified atom stereocenters. The van der Waals surface area contributed by atoms with Gasteiger partial charge in [0.1, 0.15) is 0 Å². The van der Waals surface area contributed by atoms with E-state index in [1.807, 2.05) is 0 Å². The second-order valence-electron chi connectivity index (χ2n) is 6.03. The molecular weight excluding hydrogens is 388 g/mol. The topological polar surface area (TPSA) is 122 Å². The van der Waals surface area contributed by atoms with E-state index in [4.69, 9.17) is 11.6 Å². The molecule has 1 aliphatic heterocycles. The molecule has 2 aromatic carbocycles. The molecule has 144 valence electrons. The fraction of sp³-hybridized carbons (Fsp3) is 0.167. The van der Waals surface area contributed by atoms with E-state index in [2.05, 4.69) is 10.9 Å². The van der Waals surface area contributed by atoms with Gasteiger partial charge in [0.15, 0.2) is 0 Å². The van der Waals surface area contributed by atoms with Crippen molar-refractivity contribution in [2.45, 2.75) is 12.8 Å². The van der Waals surface area contributed by atoms with Crippen molar-refractivity contribution < 1.29 is 19.3 Å². The molecular formula is C18H15ClN4O5. The number of benzene rings is 2. The van der Waals surface area contributed by atoms with Gasteiger partial charge in [-0.1, -0.05) is 11.6 Å². The molecule has 1 heterocycles. The molecule has 3 rings (SSSR count). The van der Waals surface area contributed by atoms with Crippen molar-refractivity contribution in [3.63, 3.8) is 0 Å². The van der Waals surface area contributed by atoms with Crippen molar-refractivity contribution in [3.05, 3.63) is 68.7 Å². The summed E-state index contributed by atoms with van der Waals surface area (Å²) in [6, 6.07) is 9.40. The van der Waals surface area contributed by atoms with Crippen LogP contribution in [0.5, 0.6) is 0 Å². The second-order valence-corrected chi connectivity index (χ2v) is 6.43. The van der Waals surface area contributed by atoms with E-state index in [1.54, 1.807) is 0 Å². The summed E-state index contributed by atoms with van der Waals surface area (Å²) in [5.41, 5.74) is 5.15. The van der Waals surface area contributed by atoms with Gasteiger partial charge >= 0.3 is 0 Å². The van der Waals surface area contributed by atoms with Crippen LogP contribution in [0, 0.1) is 10.1 Å². The molecule has 28 heavy (non-hydrogen) atoms. The highest BCUT2D eigenvalue weighted by Gasteiger charge is 2.24. The van der Waals surface area contributed by atoms with Crippen molar-refractivity contribution in [2.24, 2.45) is 0 Å². The number of nitro benzene ring substituents is 1. The molecule has 1 fully saturated rings. The third-order valence-corrected chi connectivity index (χ3v) is 4.52. The first kappa shape index (κ1) is 19.3. The van der Waals surface area contributed by atoms with Crippen LogP contribution in [0.15, 0.2) is 42.5 Å². The number of carbonyl (C=O) groups is 3. The highest BCUT2D eigenvalue weighted by molar-refractivity contribution is 6.34. The predicted octanol–water partition coefficient (Wildman–Crippen LogP) is 2.45. The van der Waals surface area contributed by atoms with Crippen LogP contribution in [-0.4, -0.2) is 29.2 Å². The van der Waals surface area contributed by atoms with Gasteiger partial charge < -0.3 is 4.90 Å². The number of hydrogen-bond acceptors (Lipinski definition) is 5. The first-order valence-corrected chi connectivity index (χ1v) is 8.69. The molecule has 2 N–H and O–H groups in total. The molecule has 0 spiro atoms. The van der Waals surface area contributed by atoms with Crippen molar-refractivity contribution in [1.82, 2.24) is 10.9 Å². The number of nitrogens with one attached hydrogen (secondary N) is 2. The molecule has 2 aromatic rings. The zero-order valence-electron chi connectivity index (χ0n) is 14.5. The number of nitrogens with zero attached hydrogens (tertiary/aromatic N) is 2. The van der Waals surface area contributed by atoms with Gasteiger partial charge in [0, 0.05) is 36.2 Å². The zero-order chi connectivity index (χ0) is 20.3. The van der Waals surface area contributed by atoms with Crippen LogP contribution < -0.4 is 15.8 Å². The quantitative estimate of drug-likeness (QED) is 0.600. The van der Waals surface area contributed by atoms with Crippen LogP contribution in [-0.2, 0) is 4.79 Å². The zero-order valence-corrected chi connectivity index (χ0v) is 15.2. The van der Waals surface area contributed by atoms with Crippen LogP contribution in [0.4, 0.5) is 11.4 Å². The van der Waals surface area contributed by atoms with Crippen molar-refractivity contribution in [3.8, 4) is 0 Å². The van der Waals surface area contributed by atoms with Crippen molar-refractivity contribution in [1.29, 1.82) is 0 Å².